The third kappa shape index (κ3) is 5.95. The number of H-pyrrole nitrogens is 1. The van der Waals surface area contributed by atoms with Crippen molar-refractivity contribution < 1.29 is 14.3 Å². The molecule has 1 aliphatic carbocycles. The third-order valence-electron chi connectivity index (χ3n) is 5.33. The van der Waals surface area contributed by atoms with Crippen molar-refractivity contribution >= 4 is 23.0 Å². The quantitative estimate of drug-likeness (QED) is 0.710. The number of benzene rings is 1. The third-order valence-corrected chi connectivity index (χ3v) is 5.33. The Balaban J connectivity index is 1.41. The SMILES string of the molecule is C[C@H](NC(=O)OC(C)(C)C)C(=O)NCC1CCC(c2nc3ccccc3[nH]2)CC1. The molecule has 0 bridgehead atoms. The van der Waals surface area contributed by atoms with Gasteiger partial charge in [0.15, 0.2) is 0 Å². The Kier molecular flexibility index (Phi) is 6.45. The first kappa shape index (κ1) is 21.1. The number of amides is 2. The van der Waals surface area contributed by atoms with E-state index in [2.05, 4.69) is 21.7 Å². The van der Waals surface area contributed by atoms with Crippen LogP contribution < -0.4 is 10.6 Å². The highest BCUT2D eigenvalue weighted by molar-refractivity contribution is 5.85. The van der Waals surface area contributed by atoms with Gasteiger partial charge in [0.05, 0.1) is 11.0 Å². The molecule has 1 saturated carbocycles. The Morgan fingerprint density at radius 3 is 2.55 bits per heavy atom. The minimum absolute atomic E-state index is 0.185. The van der Waals surface area contributed by atoms with E-state index in [1.807, 2.05) is 18.2 Å². The number of alkyl carbamates (subject to hydrolysis) is 1. The van der Waals surface area contributed by atoms with Crippen molar-refractivity contribution in [3.63, 3.8) is 0 Å². The normalized spacial score (nSPS) is 20.8. The van der Waals surface area contributed by atoms with Crippen LogP contribution in [0.4, 0.5) is 4.79 Å². The highest BCUT2D eigenvalue weighted by atomic mass is 16.6. The number of aromatic amines is 1. The van der Waals surface area contributed by atoms with E-state index in [-0.39, 0.29) is 5.91 Å². The lowest BCUT2D eigenvalue weighted by atomic mass is 9.81. The first-order valence-electron chi connectivity index (χ1n) is 10.4. The van der Waals surface area contributed by atoms with Gasteiger partial charge in [0.1, 0.15) is 17.5 Å². The molecule has 158 valence electrons. The van der Waals surface area contributed by atoms with E-state index in [4.69, 9.17) is 9.72 Å². The second-order valence-electron chi connectivity index (χ2n) is 8.97. The summed E-state index contributed by atoms with van der Waals surface area (Å²) >= 11 is 0. The number of imidazole rings is 1. The van der Waals surface area contributed by atoms with Crippen molar-refractivity contribution in [2.24, 2.45) is 5.92 Å². The molecule has 0 aliphatic heterocycles. The predicted molar refractivity (Wildman–Crippen MR) is 113 cm³/mol. The van der Waals surface area contributed by atoms with Crippen LogP contribution in [0.3, 0.4) is 0 Å². The van der Waals surface area contributed by atoms with E-state index in [0.29, 0.717) is 18.4 Å². The molecule has 7 nitrogen and oxygen atoms in total. The maximum atomic E-state index is 12.3. The highest BCUT2D eigenvalue weighted by Crippen LogP contribution is 2.35. The van der Waals surface area contributed by atoms with E-state index >= 15 is 0 Å². The Morgan fingerprint density at radius 2 is 1.90 bits per heavy atom. The van der Waals surface area contributed by atoms with Gasteiger partial charge in [0.2, 0.25) is 5.91 Å². The van der Waals surface area contributed by atoms with Crippen molar-refractivity contribution in [1.82, 2.24) is 20.6 Å². The van der Waals surface area contributed by atoms with Crippen molar-refractivity contribution in [3.8, 4) is 0 Å². The van der Waals surface area contributed by atoms with Crippen molar-refractivity contribution in [3.05, 3.63) is 30.1 Å². The van der Waals surface area contributed by atoms with Crippen LogP contribution in [0.1, 0.15) is 65.1 Å². The van der Waals surface area contributed by atoms with E-state index in [0.717, 1.165) is 42.5 Å². The fraction of sp³-hybridized carbons (Fsp3) is 0.591. The van der Waals surface area contributed by atoms with Gasteiger partial charge in [-0.3, -0.25) is 4.79 Å². The fourth-order valence-electron chi connectivity index (χ4n) is 3.75. The molecule has 1 aromatic heterocycles. The number of para-hydroxylation sites is 2. The van der Waals surface area contributed by atoms with Crippen LogP contribution in [0.5, 0.6) is 0 Å². The maximum absolute atomic E-state index is 12.3. The number of fused-ring (bicyclic) bond motifs is 1. The Morgan fingerprint density at radius 1 is 1.21 bits per heavy atom. The van der Waals surface area contributed by atoms with E-state index in [1.54, 1.807) is 27.7 Å². The van der Waals surface area contributed by atoms with Gasteiger partial charge in [-0.25, -0.2) is 9.78 Å². The van der Waals surface area contributed by atoms with Gasteiger partial charge in [0.25, 0.3) is 0 Å². The summed E-state index contributed by atoms with van der Waals surface area (Å²) in [6.07, 6.45) is 3.65. The van der Waals surface area contributed by atoms with Gasteiger partial charge in [-0.1, -0.05) is 12.1 Å². The average molecular weight is 401 g/mol. The summed E-state index contributed by atoms with van der Waals surface area (Å²) in [5, 5.41) is 5.54. The molecule has 3 rings (SSSR count). The van der Waals surface area contributed by atoms with Crippen LogP contribution in [0.2, 0.25) is 0 Å². The molecular weight excluding hydrogens is 368 g/mol. The molecule has 1 fully saturated rings. The Bertz CT molecular complexity index is 814. The van der Waals surface area contributed by atoms with Gasteiger partial charge in [-0.15, -0.1) is 0 Å². The van der Waals surface area contributed by atoms with Crippen LogP contribution in [-0.4, -0.2) is 40.2 Å². The molecule has 3 N–H and O–H groups in total. The number of ether oxygens (including phenoxy) is 1. The number of nitrogens with one attached hydrogen (secondary N) is 3. The molecule has 1 atom stereocenters. The lowest BCUT2D eigenvalue weighted by molar-refractivity contribution is -0.123. The average Bonchev–Trinajstić information content (AvgIpc) is 3.09. The summed E-state index contributed by atoms with van der Waals surface area (Å²) in [4.78, 5) is 32.2. The van der Waals surface area contributed by atoms with Gasteiger partial charge < -0.3 is 20.4 Å². The fourth-order valence-corrected chi connectivity index (χ4v) is 3.75. The molecule has 0 saturated heterocycles. The molecule has 0 radical (unpaired) electrons. The summed E-state index contributed by atoms with van der Waals surface area (Å²) in [6, 6.07) is 7.48. The number of rotatable bonds is 5. The summed E-state index contributed by atoms with van der Waals surface area (Å²) < 4.78 is 5.19. The number of carbonyl (C=O) groups excluding carboxylic acids is 2. The summed E-state index contributed by atoms with van der Waals surface area (Å²) in [5.41, 5.74) is 1.52. The van der Waals surface area contributed by atoms with Gasteiger partial charge in [-0.2, -0.15) is 0 Å². The number of hydrogen-bond donors (Lipinski definition) is 3. The second kappa shape index (κ2) is 8.84. The standard InChI is InChI=1S/C22H32N4O3/c1-14(24-21(28)29-22(2,3)4)20(27)23-13-15-9-11-16(12-10-15)19-25-17-7-5-6-8-18(17)26-19/h5-8,14-16H,9-13H2,1-4H3,(H,23,27)(H,24,28)(H,25,26)/t14-,15?,16?/m0/s1. The van der Waals surface area contributed by atoms with Gasteiger partial charge in [0, 0.05) is 12.5 Å². The number of hydrogen-bond acceptors (Lipinski definition) is 4. The van der Waals surface area contributed by atoms with Crippen molar-refractivity contribution in [2.45, 2.75) is 70.9 Å². The number of carbonyl (C=O) groups is 2. The van der Waals surface area contributed by atoms with Crippen LogP contribution in [-0.2, 0) is 9.53 Å². The first-order chi connectivity index (χ1) is 13.7. The molecule has 1 heterocycles. The van der Waals surface area contributed by atoms with Crippen molar-refractivity contribution in [1.29, 1.82) is 0 Å². The van der Waals surface area contributed by atoms with Crippen LogP contribution in [0.25, 0.3) is 11.0 Å². The molecule has 1 aliphatic rings. The van der Waals surface area contributed by atoms with E-state index in [9.17, 15) is 9.59 Å². The predicted octanol–water partition coefficient (Wildman–Crippen LogP) is 3.87. The minimum Gasteiger partial charge on any atom is -0.444 e. The second-order valence-corrected chi connectivity index (χ2v) is 8.97. The molecule has 0 unspecified atom stereocenters. The van der Waals surface area contributed by atoms with Gasteiger partial charge in [-0.05, 0) is 71.4 Å². The first-order valence-corrected chi connectivity index (χ1v) is 10.4. The topological polar surface area (TPSA) is 96.1 Å². The highest BCUT2D eigenvalue weighted by Gasteiger charge is 2.26. The van der Waals surface area contributed by atoms with Crippen LogP contribution in [0.15, 0.2) is 24.3 Å². The van der Waals surface area contributed by atoms with E-state index < -0.39 is 17.7 Å². The zero-order valence-corrected chi connectivity index (χ0v) is 17.7. The molecule has 0 spiro atoms. The number of aromatic nitrogens is 2. The molecule has 1 aromatic carbocycles. The molecule has 2 amide bonds. The van der Waals surface area contributed by atoms with Crippen LogP contribution in [0, 0.1) is 5.92 Å². The largest absolute Gasteiger partial charge is 0.444 e. The molecule has 7 heteroatoms. The monoisotopic (exact) mass is 400 g/mol. The zero-order chi connectivity index (χ0) is 21.0. The van der Waals surface area contributed by atoms with E-state index in [1.165, 1.54) is 0 Å². The summed E-state index contributed by atoms with van der Waals surface area (Å²) in [5.74, 6) is 1.79. The summed E-state index contributed by atoms with van der Waals surface area (Å²) in [6.45, 7) is 7.67. The maximum Gasteiger partial charge on any atom is 0.408 e. The van der Waals surface area contributed by atoms with Gasteiger partial charge >= 0.3 is 6.09 Å². The zero-order valence-electron chi connectivity index (χ0n) is 17.7. The smallest absolute Gasteiger partial charge is 0.408 e. The Hall–Kier alpha value is -2.57. The number of nitrogens with zero attached hydrogens (tertiary/aromatic N) is 1. The molecular formula is C22H32N4O3. The lowest BCUT2D eigenvalue weighted by Gasteiger charge is -2.28. The van der Waals surface area contributed by atoms with Crippen molar-refractivity contribution in [2.75, 3.05) is 6.54 Å². The lowest BCUT2D eigenvalue weighted by Crippen LogP contribution is -2.47. The van der Waals surface area contributed by atoms with Crippen LogP contribution >= 0.6 is 0 Å². The summed E-state index contributed by atoms with van der Waals surface area (Å²) in [7, 11) is 0. The Labute approximate surface area is 172 Å². The minimum atomic E-state index is -0.628. The molecule has 2 aromatic rings. The molecule has 29 heavy (non-hydrogen) atoms.